The zero-order valence-electron chi connectivity index (χ0n) is 7.23. The molecule has 4 nitrogen and oxygen atoms in total. The van der Waals surface area contributed by atoms with Gasteiger partial charge in [-0.15, -0.1) is 10.2 Å². The Morgan fingerprint density at radius 1 is 1.85 bits per heavy atom. The number of hydrogen-bond donors (Lipinski definition) is 1. The number of hydrogen-bond acceptors (Lipinski definition) is 6. The zero-order valence-corrected chi connectivity index (χ0v) is 8.86. The Morgan fingerprint density at radius 3 is 3.23 bits per heavy atom. The first-order valence-electron chi connectivity index (χ1n) is 3.88. The van der Waals surface area contributed by atoms with Crippen LogP contribution >= 0.6 is 23.1 Å². The van der Waals surface area contributed by atoms with E-state index in [0.29, 0.717) is 0 Å². The number of rotatable bonds is 5. The molecule has 0 spiro atoms. The monoisotopic (exact) mass is 214 g/mol. The predicted octanol–water partition coefficient (Wildman–Crippen LogP) is 1.13. The Labute approximate surface area is 85.4 Å². The molecule has 1 atom stereocenters. The maximum absolute atomic E-state index is 8.73. The molecule has 0 amide bonds. The summed E-state index contributed by atoms with van der Waals surface area (Å²) in [4.78, 5) is 0. The van der Waals surface area contributed by atoms with Gasteiger partial charge in [-0.25, -0.2) is 0 Å². The molecule has 0 radical (unpaired) electrons. The highest BCUT2D eigenvalue weighted by molar-refractivity contribution is 8.01. The van der Waals surface area contributed by atoms with Crippen LogP contribution in [0.3, 0.4) is 0 Å². The van der Waals surface area contributed by atoms with Gasteiger partial charge in [0.25, 0.3) is 0 Å². The Kier molecular flexibility index (Phi) is 4.75. The Bertz CT molecular complexity index is 267. The van der Waals surface area contributed by atoms with Gasteiger partial charge in [0, 0.05) is 5.75 Å². The van der Waals surface area contributed by atoms with Crippen LogP contribution in [0, 0.1) is 11.3 Å². The van der Waals surface area contributed by atoms with Crippen LogP contribution in [0.5, 0.6) is 0 Å². The maximum Gasteiger partial charge on any atom is 0.174 e. The molecule has 0 fully saturated rings. The summed E-state index contributed by atoms with van der Waals surface area (Å²) in [5, 5.41) is 19.4. The van der Waals surface area contributed by atoms with Gasteiger partial charge >= 0.3 is 0 Å². The molecule has 0 aromatic carbocycles. The van der Waals surface area contributed by atoms with Crippen molar-refractivity contribution >= 4 is 23.1 Å². The molecule has 0 bridgehead atoms. The summed E-state index contributed by atoms with van der Waals surface area (Å²) in [6.45, 7) is 2.80. The van der Waals surface area contributed by atoms with Crippen molar-refractivity contribution in [1.29, 1.82) is 5.26 Å². The quantitative estimate of drug-likeness (QED) is 0.744. The van der Waals surface area contributed by atoms with Crippen LogP contribution in [0.4, 0.5) is 0 Å². The standard InChI is InChI=1S/C7H10N4S2/c1-2-9-6(3-8)4-12-7-11-10-5-13-7/h5-6,9H,2,4H2,1H3. The summed E-state index contributed by atoms with van der Waals surface area (Å²) in [7, 11) is 0. The van der Waals surface area contributed by atoms with Gasteiger partial charge in [-0.2, -0.15) is 5.26 Å². The number of aromatic nitrogens is 2. The zero-order chi connectivity index (χ0) is 9.52. The molecule has 1 rings (SSSR count). The van der Waals surface area contributed by atoms with E-state index in [9.17, 15) is 0 Å². The summed E-state index contributed by atoms with van der Waals surface area (Å²) in [6, 6.07) is 2.09. The predicted molar refractivity (Wildman–Crippen MR) is 53.7 cm³/mol. The molecule has 6 heteroatoms. The molecular weight excluding hydrogens is 204 g/mol. The van der Waals surface area contributed by atoms with Crippen LogP contribution in [0.25, 0.3) is 0 Å². The van der Waals surface area contributed by atoms with Crippen molar-refractivity contribution in [3.63, 3.8) is 0 Å². The lowest BCUT2D eigenvalue weighted by atomic mass is 10.4. The SMILES string of the molecule is CCNC(C#N)CSc1nncs1. The van der Waals surface area contributed by atoms with Crippen LogP contribution in [-0.2, 0) is 0 Å². The van der Waals surface area contributed by atoms with Gasteiger partial charge in [-0.3, -0.25) is 0 Å². The molecule has 0 saturated heterocycles. The van der Waals surface area contributed by atoms with E-state index in [1.54, 1.807) is 17.3 Å². The molecule has 70 valence electrons. The second-order valence-corrected chi connectivity index (χ2v) is 4.36. The topological polar surface area (TPSA) is 61.6 Å². The molecule has 1 N–H and O–H groups in total. The Hall–Kier alpha value is -0.640. The fourth-order valence-electron chi connectivity index (χ4n) is 0.769. The maximum atomic E-state index is 8.73. The third-order valence-corrected chi connectivity index (χ3v) is 3.27. The molecule has 1 heterocycles. The molecule has 1 aromatic rings. The number of nitrogens with one attached hydrogen (secondary N) is 1. The molecule has 0 aliphatic rings. The van der Waals surface area contributed by atoms with E-state index in [4.69, 9.17) is 5.26 Å². The van der Waals surface area contributed by atoms with Crippen molar-refractivity contribution < 1.29 is 0 Å². The summed E-state index contributed by atoms with van der Waals surface area (Å²) >= 11 is 3.06. The Morgan fingerprint density at radius 2 is 2.69 bits per heavy atom. The minimum absolute atomic E-state index is 0.0982. The summed E-state index contributed by atoms with van der Waals surface area (Å²) in [6.07, 6.45) is 0. The lowest BCUT2D eigenvalue weighted by Crippen LogP contribution is -2.29. The van der Waals surface area contributed by atoms with Gasteiger partial charge in [-0.1, -0.05) is 30.0 Å². The third kappa shape index (κ3) is 3.72. The number of nitriles is 1. The molecule has 1 aromatic heterocycles. The van der Waals surface area contributed by atoms with Crippen molar-refractivity contribution in [2.24, 2.45) is 0 Å². The van der Waals surface area contributed by atoms with E-state index in [0.717, 1.165) is 16.6 Å². The number of thioether (sulfide) groups is 1. The van der Waals surface area contributed by atoms with Gasteiger partial charge in [0.1, 0.15) is 11.6 Å². The van der Waals surface area contributed by atoms with E-state index in [2.05, 4.69) is 21.6 Å². The highest BCUT2D eigenvalue weighted by Gasteiger charge is 2.06. The second kappa shape index (κ2) is 5.91. The minimum Gasteiger partial charge on any atom is -0.302 e. The average molecular weight is 214 g/mol. The van der Waals surface area contributed by atoms with E-state index in [1.165, 1.54) is 11.3 Å². The first kappa shape index (κ1) is 10.4. The lowest BCUT2D eigenvalue weighted by Gasteiger charge is -2.06. The first-order valence-corrected chi connectivity index (χ1v) is 5.75. The minimum atomic E-state index is -0.0982. The fourth-order valence-corrected chi connectivity index (χ4v) is 2.26. The largest absolute Gasteiger partial charge is 0.302 e. The van der Waals surface area contributed by atoms with Crippen LogP contribution in [0.15, 0.2) is 9.85 Å². The number of nitrogens with zero attached hydrogens (tertiary/aromatic N) is 3. The van der Waals surface area contributed by atoms with Crippen molar-refractivity contribution in [1.82, 2.24) is 15.5 Å². The molecular formula is C7H10N4S2. The van der Waals surface area contributed by atoms with Crippen LogP contribution < -0.4 is 5.32 Å². The van der Waals surface area contributed by atoms with Crippen molar-refractivity contribution in [3.05, 3.63) is 5.51 Å². The summed E-state index contributed by atoms with van der Waals surface area (Å²) < 4.78 is 0.915. The average Bonchev–Trinajstić information content (AvgIpc) is 2.64. The smallest absolute Gasteiger partial charge is 0.174 e. The van der Waals surface area contributed by atoms with Crippen LogP contribution in [-0.4, -0.2) is 28.5 Å². The highest BCUT2D eigenvalue weighted by atomic mass is 32.2. The van der Waals surface area contributed by atoms with Crippen LogP contribution in [0.1, 0.15) is 6.92 Å². The fraction of sp³-hybridized carbons (Fsp3) is 0.571. The van der Waals surface area contributed by atoms with E-state index >= 15 is 0 Å². The summed E-state index contributed by atoms with van der Waals surface area (Å²) in [5.41, 5.74) is 1.69. The molecule has 13 heavy (non-hydrogen) atoms. The van der Waals surface area contributed by atoms with E-state index < -0.39 is 0 Å². The van der Waals surface area contributed by atoms with Gasteiger partial charge in [0.15, 0.2) is 4.34 Å². The molecule has 0 aliphatic carbocycles. The molecule has 1 unspecified atom stereocenters. The van der Waals surface area contributed by atoms with Crippen molar-refractivity contribution in [2.75, 3.05) is 12.3 Å². The highest BCUT2D eigenvalue weighted by Crippen LogP contribution is 2.19. The van der Waals surface area contributed by atoms with Gasteiger partial charge in [0.05, 0.1) is 6.07 Å². The first-order chi connectivity index (χ1) is 6.36. The normalized spacial score (nSPS) is 12.3. The third-order valence-electron chi connectivity index (χ3n) is 1.32. The van der Waals surface area contributed by atoms with Gasteiger partial charge < -0.3 is 5.32 Å². The second-order valence-electron chi connectivity index (χ2n) is 2.26. The van der Waals surface area contributed by atoms with Gasteiger partial charge in [0.2, 0.25) is 0 Å². The molecule has 0 aliphatic heterocycles. The van der Waals surface area contributed by atoms with Gasteiger partial charge in [-0.05, 0) is 6.54 Å². The van der Waals surface area contributed by atoms with Crippen LogP contribution in [0.2, 0.25) is 0 Å². The van der Waals surface area contributed by atoms with Crippen molar-refractivity contribution in [2.45, 2.75) is 17.3 Å². The van der Waals surface area contributed by atoms with Crippen molar-refractivity contribution in [3.8, 4) is 6.07 Å². The Balaban J connectivity index is 2.29. The lowest BCUT2D eigenvalue weighted by molar-refractivity contribution is 0.677. The molecule has 0 saturated carbocycles. The van der Waals surface area contributed by atoms with E-state index in [-0.39, 0.29) is 6.04 Å². The summed E-state index contributed by atoms with van der Waals surface area (Å²) in [5.74, 6) is 0.722. The van der Waals surface area contributed by atoms with E-state index in [1.807, 2.05) is 6.92 Å².